The van der Waals surface area contributed by atoms with E-state index in [1.54, 1.807) is 6.92 Å². The SMILES string of the molecule is CCCC(C)(C)OC(=O)CCCCCC(C)(C)NC(=O)NCCCCCCNC(=O)Nc1nc(=O)cc(C)[nH]1. The molecule has 0 spiro atoms. The first-order valence-electron chi connectivity index (χ1n) is 14.2. The number of aryl methyl sites for hydroxylation is 1. The Morgan fingerprint density at radius 3 is 2.13 bits per heavy atom. The van der Waals surface area contributed by atoms with Crippen LogP contribution in [-0.4, -0.2) is 52.2 Å². The number of amides is 4. The molecule has 0 fully saturated rings. The number of urea groups is 2. The van der Waals surface area contributed by atoms with Gasteiger partial charge in [0.05, 0.1) is 0 Å². The number of nitrogens with zero attached hydrogens (tertiary/aromatic N) is 1. The van der Waals surface area contributed by atoms with Crippen LogP contribution in [0.1, 0.15) is 111 Å². The molecule has 0 saturated carbocycles. The van der Waals surface area contributed by atoms with Crippen LogP contribution in [0.2, 0.25) is 0 Å². The third-order valence-electron chi connectivity index (χ3n) is 6.16. The van der Waals surface area contributed by atoms with Gasteiger partial charge in [0.15, 0.2) is 0 Å². The molecular weight excluding hydrogens is 500 g/mol. The Balaban J connectivity index is 2.06. The van der Waals surface area contributed by atoms with Crippen LogP contribution in [0, 0.1) is 6.92 Å². The second-order valence-corrected chi connectivity index (χ2v) is 11.4. The second-order valence-electron chi connectivity index (χ2n) is 11.4. The predicted octanol–water partition coefficient (Wildman–Crippen LogP) is 4.91. The van der Waals surface area contributed by atoms with Crippen LogP contribution < -0.4 is 26.8 Å². The highest BCUT2D eigenvalue weighted by atomic mass is 16.6. The summed E-state index contributed by atoms with van der Waals surface area (Å²) in [6, 6.07) is 0.754. The lowest BCUT2D eigenvalue weighted by Gasteiger charge is -2.26. The molecule has 0 atom stereocenters. The smallest absolute Gasteiger partial charge is 0.321 e. The Morgan fingerprint density at radius 2 is 1.51 bits per heavy atom. The fourth-order valence-electron chi connectivity index (χ4n) is 4.24. The van der Waals surface area contributed by atoms with Crippen molar-refractivity contribution >= 4 is 24.0 Å². The maximum Gasteiger partial charge on any atom is 0.321 e. The summed E-state index contributed by atoms with van der Waals surface area (Å²) in [5.41, 5.74) is -0.523. The monoisotopic (exact) mass is 550 g/mol. The molecule has 0 aliphatic carbocycles. The highest BCUT2D eigenvalue weighted by molar-refractivity contribution is 5.87. The molecule has 1 heterocycles. The van der Waals surface area contributed by atoms with Gasteiger partial charge in [-0.3, -0.25) is 14.9 Å². The largest absolute Gasteiger partial charge is 0.460 e. The van der Waals surface area contributed by atoms with E-state index in [-0.39, 0.29) is 23.5 Å². The molecule has 5 N–H and O–H groups in total. The van der Waals surface area contributed by atoms with Crippen LogP contribution in [0.15, 0.2) is 10.9 Å². The lowest BCUT2D eigenvalue weighted by atomic mass is 9.96. The molecule has 39 heavy (non-hydrogen) atoms. The molecule has 0 aliphatic rings. The third kappa shape index (κ3) is 17.2. The van der Waals surface area contributed by atoms with E-state index < -0.39 is 17.2 Å². The molecule has 0 unspecified atom stereocenters. The highest BCUT2D eigenvalue weighted by Crippen LogP contribution is 2.19. The summed E-state index contributed by atoms with van der Waals surface area (Å²) in [6.07, 6.45) is 9.21. The van der Waals surface area contributed by atoms with Gasteiger partial charge < -0.3 is 25.7 Å². The average Bonchev–Trinajstić information content (AvgIpc) is 2.79. The second kappa shape index (κ2) is 17.5. The first kappa shape index (κ1) is 33.9. The summed E-state index contributed by atoms with van der Waals surface area (Å²) < 4.78 is 5.55. The lowest BCUT2D eigenvalue weighted by molar-refractivity contribution is -0.157. The first-order chi connectivity index (χ1) is 18.3. The van der Waals surface area contributed by atoms with E-state index in [2.05, 4.69) is 38.2 Å². The number of ether oxygens (including phenoxy) is 1. The van der Waals surface area contributed by atoms with Gasteiger partial charge in [-0.2, -0.15) is 4.98 Å². The van der Waals surface area contributed by atoms with Crippen LogP contribution in [0.25, 0.3) is 0 Å². The number of carbonyl (C=O) groups is 3. The number of aromatic nitrogens is 2. The molecule has 1 aromatic rings. The summed E-state index contributed by atoms with van der Waals surface area (Å²) >= 11 is 0. The lowest BCUT2D eigenvalue weighted by Crippen LogP contribution is -2.48. The fourth-order valence-corrected chi connectivity index (χ4v) is 4.24. The van der Waals surface area contributed by atoms with Crippen molar-refractivity contribution in [3.63, 3.8) is 0 Å². The van der Waals surface area contributed by atoms with E-state index in [1.165, 1.54) is 6.07 Å². The minimum Gasteiger partial charge on any atom is -0.460 e. The Labute approximate surface area is 233 Å². The molecule has 1 rings (SSSR count). The van der Waals surface area contributed by atoms with Crippen LogP contribution in [0.5, 0.6) is 0 Å². The summed E-state index contributed by atoms with van der Waals surface area (Å²) in [5, 5.41) is 11.2. The van der Waals surface area contributed by atoms with Crippen molar-refractivity contribution in [1.82, 2.24) is 25.9 Å². The third-order valence-corrected chi connectivity index (χ3v) is 6.16. The fraction of sp³-hybridized carbons (Fsp3) is 0.750. The Hall–Kier alpha value is -3.11. The van der Waals surface area contributed by atoms with Crippen molar-refractivity contribution in [3.05, 3.63) is 22.1 Å². The van der Waals surface area contributed by atoms with Crippen LogP contribution in [-0.2, 0) is 9.53 Å². The van der Waals surface area contributed by atoms with Gasteiger partial charge in [0.25, 0.3) is 5.56 Å². The molecule has 222 valence electrons. The van der Waals surface area contributed by atoms with E-state index in [0.717, 1.165) is 64.2 Å². The number of rotatable bonds is 18. The minimum atomic E-state index is -0.418. The predicted molar refractivity (Wildman–Crippen MR) is 154 cm³/mol. The number of esters is 1. The maximum atomic E-state index is 12.3. The Bertz CT molecular complexity index is 960. The topological polar surface area (TPSA) is 154 Å². The molecule has 0 aliphatic heterocycles. The van der Waals surface area contributed by atoms with E-state index in [0.29, 0.717) is 25.2 Å². The number of aromatic amines is 1. The first-order valence-corrected chi connectivity index (χ1v) is 14.2. The number of anilines is 1. The average molecular weight is 551 g/mol. The van der Waals surface area contributed by atoms with Gasteiger partial charge >= 0.3 is 18.0 Å². The van der Waals surface area contributed by atoms with Gasteiger partial charge in [-0.25, -0.2) is 9.59 Å². The zero-order chi connectivity index (χ0) is 29.3. The number of hydrogen-bond acceptors (Lipinski definition) is 6. The molecule has 0 radical (unpaired) electrons. The van der Waals surface area contributed by atoms with Gasteiger partial charge in [-0.15, -0.1) is 0 Å². The van der Waals surface area contributed by atoms with Gasteiger partial charge in [0.2, 0.25) is 5.95 Å². The normalized spacial score (nSPS) is 11.5. The quantitative estimate of drug-likeness (QED) is 0.129. The molecule has 0 saturated heterocycles. The van der Waals surface area contributed by atoms with Gasteiger partial charge in [-0.1, -0.05) is 39.0 Å². The van der Waals surface area contributed by atoms with Crippen molar-refractivity contribution in [2.45, 2.75) is 123 Å². The van der Waals surface area contributed by atoms with Crippen LogP contribution in [0.4, 0.5) is 15.5 Å². The molecule has 4 amide bonds. The van der Waals surface area contributed by atoms with Gasteiger partial charge in [-0.05, 0) is 66.7 Å². The number of nitrogens with one attached hydrogen (secondary N) is 5. The van der Waals surface area contributed by atoms with Crippen molar-refractivity contribution in [3.8, 4) is 0 Å². The van der Waals surface area contributed by atoms with Crippen LogP contribution in [0.3, 0.4) is 0 Å². The van der Waals surface area contributed by atoms with Crippen molar-refractivity contribution in [1.29, 1.82) is 0 Å². The Kier molecular flexibility index (Phi) is 15.2. The summed E-state index contributed by atoms with van der Waals surface area (Å²) in [4.78, 5) is 54.1. The number of hydrogen-bond donors (Lipinski definition) is 5. The summed E-state index contributed by atoms with van der Waals surface area (Å²) in [6.45, 7) is 12.8. The van der Waals surface area contributed by atoms with E-state index in [9.17, 15) is 19.2 Å². The highest BCUT2D eigenvalue weighted by Gasteiger charge is 2.22. The molecule has 11 heteroatoms. The minimum absolute atomic E-state index is 0.119. The zero-order valence-electron chi connectivity index (χ0n) is 24.8. The number of H-pyrrole nitrogens is 1. The molecule has 0 aromatic carbocycles. The summed E-state index contributed by atoms with van der Waals surface area (Å²) in [7, 11) is 0. The number of unbranched alkanes of at least 4 members (excludes halogenated alkanes) is 5. The van der Waals surface area contributed by atoms with Crippen molar-refractivity contribution < 1.29 is 19.1 Å². The molecule has 1 aromatic heterocycles. The van der Waals surface area contributed by atoms with Crippen molar-refractivity contribution in [2.75, 3.05) is 18.4 Å². The van der Waals surface area contributed by atoms with E-state index in [1.807, 2.05) is 27.7 Å². The Morgan fingerprint density at radius 1 is 0.897 bits per heavy atom. The molecule has 11 nitrogen and oxygen atoms in total. The summed E-state index contributed by atoms with van der Waals surface area (Å²) in [5.74, 6) is -0.0183. The van der Waals surface area contributed by atoms with E-state index >= 15 is 0 Å². The van der Waals surface area contributed by atoms with Crippen molar-refractivity contribution in [2.24, 2.45) is 0 Å². The van der Waals surface area contributed by atoms with Gasteiger partial charge in [0, 0.05) is 36.8 Å². The zero-order valence-corrected chi connectivity index (χ0v) is 24.8. The van der Waals surface area contributed by atoms with Gasteiger partial charge in [0.1, 0.15) is 5.60 Å². The maximum absolute atomic E-state index is 12.3. The molecule has 0 bridgehead atoms. The standard InChI is InChI=1S/C28H50N6O5/c1-7-16-28(5,6)39-23(36)15-11-10-12-17-27(3,4)34-26(38)30-19-14-9-8-13-18-29-25(37)33-24-31-21(2)20-22(35)32-24/h20H,7-19H2,1-6H3,(H2,30,34,38)(H3,29,31,32,33,35,37). The number of carbonyl (C=O) groups excluding carboxylic acids is 3. The molecular formula is C28H50N6O5. The van der Waals surface area contributed by atoms with E-state index in [4.69, 9.17) is 4.74 Å². The van der Waals surface area contributed by atoms with Crippen LogP contribution >= 0.6 is 0 Å².